The summed E-state index contributed by atoms with van der Waals surface area (Å²) >= 11 is 0. The lowest BCUT2D eigenvalue weighted by atomic mass is 10.0. The average Bonchev–Trinajstić information content (AvgIpc) is 2.28. The van der Waals surface area contributed by atoms with Crippen molar-refractivity contribution in [2.24, 2.45) is 0 Å². The summed E-state index contributed by atoms with van der Waals surface area (Å²) in [5, 5.41) is 8.86. The number of aliphatic carboxylic acids is 1. The molecule has 4 heteroatoms. The van der Waals surface area contributed by atoms with E-state index in [1.54, 1.807) is 0 Å². The SMILES string of the molecule is C#CCN(CC(=O)O)C1CCN(C(C)C)CC1. The second-order valence-electron chi connectivity index (χ2n) is 4.86. The Labute approximate surface area is 104 Å². The monoisotopic (exact) mass is 238 g/mol. The van der Waals surface area contributed by atoms with Gasteiger partial charge < -0.3 is 10.0 Å². The number of hydrogen-bond donors (Lipinski definition) is 1. The molecular formula is C13H22N2O2. The third-order valence-corrected chi connectivity index (χ3v) is 3.38. The van der Waals surface area contributed by atoms with Crippen molar-refractivity contribution < 1.29 is 9.90 Å². The topological polar surface area (TPSA) is 43.8 Å². The van der Waals surface area contributed by atoms with Crippen molar-refractivity contribution in [3.63, 3.8) is 0 Å². The van der Waals surface area contributed by atoms with E-state index in [1.807, 2.05) is 4.90 Å². The Bertz CT molecular complexity index is 288. The van der Waals surface area contributed by atoms with Crippen molar-refractivity contribution in [2.75, 3.05) is 26.2 Å². The van der Waals surface area contributed by atoms with Crippen molar-refractivity contribution in [1.82, 2.24) is 9.80 Å². The van der Waals surface area contributed by atoms with Gasteiger partial charge in [0.1, 0.15) is 0 Å². The quantitative estimate of drug-likeness (QED) is 0.722. The Morgan fingerprint density at radius 2 is 2.12 bits per heavy atom. The Balaban J connectivity index is 2.49. The van der Waals surface area contributed by atoms with Gasteiger partial charge in [-0.05, 0) is 39.8 Å². The highest BCUT2D eigenvalue weighted by Crippen LogP contribution is 2.17. The van der Waals surface area contributed by atoms with Crippen molar-refractivity contribution >= 4 is 5.97 Å². The molecule has 1 N–H and O–H groups in total. The zero-order chi connectivity index (χ0) is 12.8. The molecular weight excluding hydrogens is 216 g/mol. The highest BCUT2D eigenvalue weighted by atomic mass is 16.4. The summed E-state index contributed by atoms with van der Waals surface area (Å²) in [6.45, 7) is 6.93. The number of piperidine rings is 1. The molecule has 0 radical (unpaired) electrons. The molecule has 96 valence electrons. The molecule has 0 spiro atoms. The number of hydrogen-bond acceptors (Lipinski definition) is 3. The van der Waals surface area contributed by atoms with Crippen LogP contribution < -0.4 is 0 Å². The van der Waals surface area contributed by atoms with Crippen LogP contribution in [-0.4, -0.2) is 59.1 Å². The standard InChI is InChI=1S/C13H22N2O2/c1-4-7-15(10-13(16)17)12-5-8-14(9-6-12)11(2)3/h1,11-12H,5-10H2,2-3H3,(H,16,17). The molecule has 1 rings (SSSR count). The van der Waals surface area contributed by atoms with Crippen molar-refractivity contribution in [2.45, 2.75) is 38.8 Å². The molecule has 1 saturated heterocycles. The van der Waals surface area contributed by atoms with E-state index >= 15 is 0 Å². The van der Waals surface area contributed by atoms with Gasteiger partial charge in [0, 0.05) is 12.1 Å². The lowest BCUT2D eigenvalue weighted by molar-refractivity contribution is -0.139. The smallest absolute Gasteiger partial charge is 0.317 e. The number of terminal acetylenes is 1. The van der Waals surface area contributed by atoms with Gasteiger partial charge in [0.15, 0.2) is 0 Å². The zero-order valence-corrected chi connectivity index (χ0v) is 10.7. The molecule has 1 aliphatic rings. The molecule has 0 aromatic carbocycles. The van der Waals surface area contributed by atoms with Gasteiger partial charge in [-0.1, -0.05) is 5.92 Å². The van der Waals surface area contributed by atoms with Crippen LogP contribution in [0.3, 0.4) is 0 Å². The summed E-state index contributed by atoms with van der Waals surface area (Å²) < 4.78 is 0. The maximum atomic E-state index is 10.8. The molecule has 0 unspecified atom stereocenters. The summed E-state index contributed by atoms with van der Waals surface area (Å²) in [5.74, 6) is 1.75. The molecule has 0 saturated carbocycles. The van der Waals surface area contributed by atoms with Crippen LogP contribution in [0.25, 0.3) is 0 Å². The van der Waals surface area contributed by atoms with Gasteiger partial charge >= 0.3 is 5.97 Å². The fourth-order valence-corrected chi connectivity index (χ4v) is 2.37. The molecule has 0 bridgehead atoms. The van der Waals surface area contributed by atoms with Crippen LogP contribution in [0.1, 0.15) is 26.7 Å². The number of carboxylic acids is 1. The first kappa shape index (κ1) is 14.0. The number of carbonyl (C=O) groups is 1. The van der Waals surface area contributed by atoms with Crippen LogP contribution in [0.2, 0.25) is 0 Å². The van der Waals surface area contributed by atoms with E-state index in [0.29, 0.717) is 18.6 Å². The van der Waals surface area contributed by atoms with Crippen molar-refractivity contribution in [1.29, 1.82) is 0 Å². The predicted octanol–water partition coefficient (Wildman–Crippen LogP) is 0.879. The second-order valence-corrected chi connectivity index (χ2v) is 4.86. The molecule has 1 heterocycles. The molecule has 0 aromatic heterocycles. The number of carboxylic acid groups (broad SMARTS) is 1. The maximum Gasteiger partial charge on any atom is 0.317 e. The summed E-state index contributed by atoms with van der Waals surface area (Å²) in [6.07, 6.45) is 7.31. The highest BCUT2D eigenvalue weighted by molar-refractivity contribution is 5.69. The molecule has 17 heavy (non-hydrogen) atoms. The summed E-state index contributed by atoms with van der Waals surface area (Å²) in [7, 11) is 0. The van der Waals surface area contributed by atoms with Crippen molar-refractivity contribution in [3.05, 3.63) is 0 Å². The second kappa shape index (κ2) is 6.63. The molecule has 0 atom stereocenters. The Hall–Kier alpha value is -1.05. The minimum Gasteiger partial charge on any atom is -0.480 e. The van der Waals surface area contributed by atoms with E-state index in [9.17, 15) is 4.79 Å². The fourth-order valence-electron chi connectivity index (χ4n) is 2.37. The molecule has 1 fully saturated rings. The fraction of sp³-hybridized carbons (Fsp3) is 0.769. The lowest BCUT2D eigenvalue weighted by Gasteiger charge is -2.38. The van der Waals surface area contributed by atoms with Gasteiger partial charge in [0.25, 0.3) is 0 Å². The van der Waals surface area contributed by atoms with Crippen LogP contribution in [0, 0.1) is 12.3 Å². The predicted molar refractivity (Wildman–Crippen MR) is 67.8 cm³/mol. The first-order valence-electron chi connectivity index (χ1n) is 6.18. The van der Waals surface area contributed by atoms with Gasteiger partial charge in [-0.15, -0.1) is 6.42 Å². The molecule has 0 amide bonds. The highest BCUT2D eigenvalue weighted by Gasteiger charge is 2.26. The van der Waals surface area contributed by atoms with Gasteiger partial charge in [-0.25, -0.2) is 0 Å². The molecule has 1 aliphatic heterocycles. The van der Waals surface area contributed by atoms with Gasteiger partial charge in [0.05, 0.1) is 13.1 Å². The zero-order valence-electron chi connectivity index (χ0n) is 10.7. The molecule has 0 aliphatic carbocycles. The normalized spacial score (nSPS) is 18.5. The Morgan fingerprint density at radius 1 is 1.53 bits per heavy atom. The number of likely N-dealkylation sites (tertiary alicyclic amines) is 1. The van der Waals surface area contributed by atoms with E-state index in [2.05, 4.69) is 24.7 Å². The van der Waals surface area contributed by atoms with Crippen LogP contribution in [0.15, 0.2) is 0 Å². The van der Waals surface area contributed by atoms with Crippen molar-refractivity contribution in [3.8, 4) is 12.3 Å². The van der Waals surface area contributed by atoms with Gasteiger partial charge in [-0.3, -0.25) is 9.69 Å². The average molecular weight is 238 g/mol. The van der Waals surface area contributed by atoms with E-state index in [1.165, 1.54) is 0 Å². The molecule has 0 aromatic rings. The minimum atomic E-state index is -0.800. The third kappa shape index (κ3) is 4.37. The van der Waals surface area contributed by atoms with Gasteiger partial charge in [-0.2, -0.15) is 0 Å². The van der Waals surface area contributed by atoms with E-state index in [-0.39, 0.29) is 6.54 Å². The number of nitrogens with zero attached hydrogens (tertiary/aromatic N) is 2. The summed E-state index contributed by atoms with van der Waals surface area (Å²) in [5.41, 5.74) is 0. The Kier molecular flexibility index (Phi) is 5.46. The Morgan fingerprint density at radius 3 is 2.53 bits per heavy atom. The summed E-state index contributed by atoms with van der Waals surface area (Å²) in [6, 6.07) is 0.883. The largest absolute Gasteiger partial charge is 0.480 e. The third-order valence-electron chi connectivity index (χ3n) is 3.38. The van der Waals surface area contributed by atoms with E-state index in [0.717, 1.165) is 25.9 Å². The van der Waals surface area contributed by atoms with Crippen LogP contribution in [0.4, 0.5) is 0 Å². The van der Waals surface area contributed by atoms with Crippen LogP contribution >= 0.6 is 0 Å². The minimum absolute atomic E-state index is 0.0521. The first-order valence-corrected chi connectivity index (χ1v) is 6.18. The first-order chi connectivity index (χ1) is 8.04. The summed E-state index contributed by atoms with van der Waals surface area (Å²) in [4.78, 5) is 15.1. The number of rotatable bonds is 5. The van der Waals surface area contributed by atoms with E-state index in [4.69, 9.17) is 11.5 Å². The maximum absolute atomic E-state index is 10.8. The van der Waals surface area contributed by atoms with Gasteiger partial charge in [0.2, 0.25) is 0 Å². The van der Waals surface area contributed by atoms with Crippen LogP contribution in [0.5, 0.6) is 0 Å². The molecule has 4 nitrogen and oxygen atoms in total. The van der Waals surface area contributed by atoms with E-state index < -0.39 is 5.97 Å². The lowest BCUT2D eigenvalue weighted by Crippen LogP contribution is -2.48. The van der Waals surface area contributed by atoms with Crippen LogP contribution in [-0.2, 0) is 4.79 Å².